The number of esters is 2. The average Bonchev–Trinajstić information content (AvgIpc) is 3.13. The van der Waals surface area contributed by atoms with Crippen molar-refractivity contribution in [2.24, 2.45) is 5.11 Å². The lowest BCUT2D eigenvalue weighted by Crippen LogP contribution is -2.43. The van der Waals surface area contributed by atoms with Crippen LogP contribution in [0.4, 0.5) is 0 Å². The first-order chi connectivity index (χ1) is 16.2. The smallest absolute Gasteiger partial charge is 0.338 e. The van der Waals surface area contributed by atoms with Crippen molar-refractivity contribution in [1.82, 2.24) is 0 Å². The Bertz CT molecular complexity index is 1080. The third-order valence-electron chi connectivity index (χ3n) is 4.59. The van der Waals surface area contributed by atoms with Crippen LogP contribution in [0.2, 0.25) is 0 Å². The van der Waals surface area contributed by atoms with E-state index in [1.165, 1.54) is 24.3 Å². The fourth-order valence-electron chi connectivity index (χ4n) is 3.03. The molecular formula is C21H17Cl3N4O6. The van der Waals surface area contributed by atoms with Crippen molar-refractivity contribution in [3.63, 3.8) is 0 Å². The Kier molecular flexibility index (Phi) is 8.60. The van der Waals surface area contributed by atoms with Gasteiger partial charge in [-0.2, -0.15) is 0 Å². The van der Waals surface area contributed by atoms with Gasteiger partial charge in [0.2, 0.25) is 18.3 Å². The van der Waals surface area contributed by atoms with Crippen LogP contribution in [0.5, 0.6) is 0 Å². The summed E-state index contributed by atoms with van der Waals surface area (Å²) in [4.78, 5) is 28.2. The van der Waals surface area contributed by atoms with Gasteiger partial charge in [-0.15, -0.1) is 0 Å². The van der Waals surface area contributed by atoms with Crippen LogP contribution < -0.4 is 0 Å². The molecule has 4 atom stereocenters. The molecule has 0 aliphatic carbocycles. The van der Waals surface area contributed by atoms with Gasteiger partial charge in [0.15, 0.2) is 6.10 Å². The van der Waals surface area contributed by atoms with Gasteiger partial charge in [-0.25, -0.2) is 9.59 Å². The van der Waals surface area contributed by atoms with E-state index in [0.717, 1.165) is 0 Å². The molecule has 34 heavy (non-hydrogen) atoms. The van der Waals surface area contributed by atoms with Gasteiger partial charge in [0.05, 0.1) is 17.7 Å². The Morgan fingerprint density at radius 2 is 1.44 bits per heavy atom. The normalized spacial score (nSPS) is 21.7. The number of nitrogens with one attached hydrogen (secondary N) is 1. The molecule has 1 aliphatic heterocycles. The van der Waals surface area contributed by atoms with E-state index in [9.17, 15) is 9.59 Å². The van der Waals surface area contributed by atoms with Gasteiger partial charge in [0, 0.05) is 4.91 Å². The van der Waals surface area contributed by atoms with Crippen molar-refractivity contribution < 1.29 is 28.5 Å². The maximum Gasteiger partial charge on any atom is 0.338 e. The van der Waals surface area contributed by atoms with Crippen LogP contribution in [0.3, 0.4) is 0 Å². The maximum absolute atomic E-state index is 12.8. The monoisotopic (exact) mass is 526 g/mol. The van der Waals surface area contributed by atoms with E-state index in [0.29, 0.717) is 0 Å². The maximum atomic E-state index is 12.8. The molecule has 2 unspecified atom stereocenters. The zero-order chi connectivity index (χ0) is 24.7. The van der Waals surface area contributed by atoms with Crippen LogP contribution in [-0.4, -0.2) is 52.8 Å². The first-order valence-corrected chi connectivity index (χ1v) is 10.8. The first-order valence-electron chi connectivity index (χ1n) is 9.71. The summed E-state index contributed by atoms with van der Waals surface area (Å²) in [6.45, 7) is -0.302. The lowest BCUT2D eigenvalue weighted by atomic mass is 10.1. The highest BCUT2D eigenvalue weighted by molar-refractivity contribution is 6.76. The number of benzene rings is 2. The second-order valence-electron chi connectivity index (χ2n) is 6.87. The van der Waals surface area contributed by atoms with Crippen LogP contribution in [-0.2, 0) is 18.9 Å². The molecule has 0 radical (unpaired) electrons. The molecule has 0 aromatic heterocycles. The van der Waals surface area contributed by atoms with Crippen LogP contribution in [0.15, 0.2) is 65.8 Å². The third kappa shape index (κ3) is 6.53. The summed E-state index contributed by atoms with van der Waals surface area (Å²) in [5, 5.41) is 11.3. The van der Waals surface area contributed by atoms with Crippen LogP contribution in [0.1, 0.15) is 20.7 Å². The fourth-order valence-corrected chi connectivity index (χ4v) is 3.17. The quantitative estimate of drug-likeness (QED) is 0.104. The lowest BCUT2D eigenvalue weighted by Gasteiger charge is -2.25. The van der Waals surface area contributed by atoms with Crippen LogP contribution >= 0.6 is 34.8 Å². The van der Waals surface area contributed by atoms with Crippen molar-refractivity contribution in [2.45, 2.75) is 28.4 Å². The van der Waals surface area contributed by atoms with Gasteiger partial charge in [-0.3, -0.25) is 5.41 Å². The summed E-state index contributed by atoms with van der Waals surface area (Å²) in [6, 6.07) is 16.0. The van der Waals surface area contributed by atoms with Gasteiger partial charge in [-0.05, 0) is 29.8 Å². The SMILES string of the molecule is [N-]=[N+]=NC[C@H]1O[C@@H](OC(=N)C(Cl)(Cl)Cl)C(OC(=O)c2ccccc2)C1OC(=O)c1ccccc1. The minimum absolute atomic E-state index is 0.198. The number of hydrogen-bond acceptors (Lipinski definition) is 8. The van der Waals surface area contributed by atoms with Crippen molar-refractivity contribution in [3.05, 3.63) is 82.2 Å². The highest BCUT2D eigenvalue weighted by atomic mass is 35.6. The van der Waals surface area contributed by atoms with E-state index in [1.807, 2.05) is 0 Å². The summed E-state index contributed by atoms with van der Waals surface area (Å²) >= 11 is 17.1. The van der Waals surface area contributed by atoms with Crippen LogP contribution in [0.25, 0.3) is 10.4 Å². The number of halogens is 3. The Balaban J connectivity index is 1.92. The molecule has 0 bridgehead atoms. The molecule has 0 spiro atoms. The van der Waals surface area contributed by atoms with Crippen LogP contribution in [0, 0.1) is 5.41 Å². The predicted octanol–water partition coefficient (Wildman–Crippen LogP) is 4.84. The minimum Gasteiger partial charge on any atom is -0.452 e. The Hall–Kier alpha value is -3.01. The van der Waals surface area contributed by atoms with E-state index in [-0.39, 0.29) is 17.7 Å². The summed E-state index contributed by atoms with van der Waals surface area (Å²) in [5.74, 6) is -2.35. The van der Waals surface area contributed by atoms with E-state index >= 15 is 0 Å². The zero-order valence-electron chi connectivity index (χ0n) is 17.2. The summed E-state index contributed by atoms with van der Waals surface area (Å²) in [6.07, 6.45) is -5.28. The number of azide groups is 1. The minimum atomic E-state index is -2.24. The molecule has 1 N–H and O–H groups in total. The van der Waals surface area contributed by atoms with Gasteiger partial charge >= 0.3 is 11.9 Å². The largest absolute Gasteiger partial charge is 0.452 e. The molecule has 1 fully saturated rings. The average molecular weight is 528 g/mol. The molecule has 2 aromatic carbocycles. The number of rotatable bonds is 7. The Morgan fingerprint density at radius 3 is 1.91 bits per heavy atom. The van der Waals surface area contributed by atoms with E-state index in [1.54, 1.807) is 36.4 Å². The molecule has 0 saturated carbocycles. The summed E-state index contributed by atoms with van der Waals surface area (Å²) < 4.78 is 19.9. The molecule has 1 aliphatic rings. The molecule has 178 valence electrons. The number of alkyl halides is 3. The van der Waals surface area contributed by atoms with Gasteiger partial charge in [-0.1, -0.05) is 76.3 Å². The Morgan fingerprint density at radius 1 is 0.941 bits per heavy atom. The standard InChI is InChI=1S/C21H17Cl3N4O6/c22-21(23,24)20(25)34-19-16(33-18(30)13-9-5-2-6-10-13)15(14(31-19)11-27-28-26)32-17(29)12-7-3-1-4-8-12/h1-10,14-16,19,25H,11H2/t14-,15?,16?,19+/m1/s1. The lowest BCUT2D eigenvalue weighted by molar-refractivity contribution is -0.120. The summed E-state index contributed by atoms with van der Waals surface area (Å²) in [7, 11) is 0. The highest BCUT2D eigenvalue weighted by Gasteiger charge is 2.52. The van der Waals surface area contributed by atoms with Crippen molar-refractivity contribution in [2.75, 3.05) is 6.54 Å². The van der Waals surface area contributed by atoms with Gasteiger partial charge in [0.1, 0.15) is 6.10 Å². The first kappa shape index (κ1) is 25.6. The second kappa shape index (κ2) is 11.4. The zero-order valence-corrected chi connectivity index (χ0v) is 19.5. The summed E-state index contributed by atoms with van der Waals surface area (Å²) in [5.41, 5.74) is 9.16. The van der Waals surface area contributed by atoms with Crippen molar-refractivity contribution in [1.29, 1.82) is 5.41 Å². The molecule has 13 heteroatoms. The van der Waals surface area contributed by atoms with E-state index < -0.39 is 46.2 Å². The fraction of sp³-hybridized carbons (Fsp3) is 0.286. The molecule has 0 amide bonds. The van der Waals surface area contributed by atoms with Gasteiger partial charge in [0.25, 0.3) is 3.79 Å². The van der Waals surface area contributed by atoms with E-state index in [2.05, 4.69) is 10.0 Å². The number of hydrogen-bond donors (Lipinski definition) is 1. The van der Waals surface area contributed by atoms with Crippen molar-refractivity contribution >= 4 is 52.6 Å². The van der Waals surface area contributed by atoms with Gasteiger partial charge < -0.3 is 18.9 Å². The molecule has 3 rings (SSSR count). The Labute approximate surface area is 208 Å². The number of carbonyl (C=O) groups excluding carboxylic acids is 2. The number of nitrogens with zero attached hydrogens (tertiary/aromatic N) is 3. The molecule has 1 heterocycles. The van der Waals surface area contributed by atoms with E-state index in [4.69, 9.17) is 64.7 Å². The molecular weight excluding hydrogens is 511 g/mol. The topological polar surface area (TPSA) is 144 Å². The number of carbonyl (C=O) groups is 2. The number of ether oxygens (including phenoxy) is 4. The van der Waals surface area contributed by atoms with Crippen molar-refractivity contribution in [3.8, 4) is 0 Å². The molecule has 10 nitrogen and oxygen atoms in total. The third-order valence-corrected chi connectivity index (χ3v) is 5.10. The second-order valence-corrected chi connectivity index (χ2v) is 9.15. The molecule has 1 saturated heterocycles. The highest BCUT2D eigenvalue weighted by Crippen LogP contribution is 2.34. The molecule has 2 aromatic rings. The predicted molar refractivity (Wildman–Crippen MR) is 123 cm³/mol.